The highest BCUT2D eigenvalue weighted by Crippen LogP contribution is 2.10. The van der Waals surface area contributed by atoms with Crippen LogP contribution >= 0.6 is 0 Å². The molecule has 2 heterocycles. The third-order valence-corrected chi connectivity index (χ3v) is 4.63. The molecule has 1 aromatic rings. The average Bonchev–Trinajstić information content (AvgIpc) is 3.10. The number of rotatable bonds is 9. The predicted octanol–water partition coefficient (Wildman–Crippen LogP) is 0.506. The van der Waals surface area contributed by atoms with Crippen molar-refractivity contribution < 1.29 is 4.74 Å². The molecule has 1 aromatic heterocycles. The molecule has 1 saturated heterocycles. The number of aliphatic imine (C=N–C) groups is 1. The van der Waals surface area contributed by atoms with E-state index in [0.29, 0.717) is 6.04 Å². The van der Waals surface area contributed by atoms with Crippen LogP contribution in [0.2, 0.25) is 0 Å². The normalized spacial score (nSPS) is 17.0. The van der Waals surface area contributed by atoms with Crippen LogP contribution in [0.4, 0.5) is 0 Å². The number of methoxy groups -OCH3 is 1. The Balaban J connectivity index is 1.65. The molecule has 0 bridgehead atoms. The number of aryl methyl sites for hydroxylation is 1. The maximum Gasteiger partial charge on any atom is 0.191 e. The van der Waals surface area contributed by atoms with E-state index in [1.54, 1.807) is 13.4 Å². The quantitative estimate of drug-likeness (QED) is 0.383. The predicted molar refractivity (Wildman–Crippen MR) is 99.9 cm³/mol. The van der Waals surface area contributed by atoms with Gasteiger partial charge in [0.2, 0.25) is 0 Å². The highest BCUT2D eigenvalue weighted by molar-refractivity contribution is 5.79. The van der Waals surface area contributed by atoms with Crippen molar-refractivity contribution in [1.82, 2.24) is 30.3 Å². The molecule has 25 heavy (non-hydrogen) atoms. The van der Waals surface area contributed by atoms with E-state index in [1.807, 2.05) is 7.05 Å². The number of nitrogens with one attached hydrogen (secondary N) is 2. The highest BCUT2D eigenvalue weighted by atomic mass is 16.5. The number of guanidine groups is 1. The number of aromatic nitrogens is 3. The average molecular weight is 351 g/mol. The van der Waals surface area contributed by atoms with Crippen molar-refractivity contribution in [1.29, 1.82) is 0 Å². The zero-order chi connectivity index (χ0) is 17.9. The summed E-state index contributed by atoms with van der Waals surface area (Å²) in [5.41, 5.74) is 0. The van der Waals surface area contributed by atoms with Gasteiger partial charge in [-0.3, -0.25) is 4.99 Å². The summed E-state index contributed by atoms with van der Waals surface area (Å²) in [6, 6.07) is 0.492. The minimum Gasteiger partial charge on any atom is -0.385 e. The van der Waals surface area contributed by atoms with Crippen molar-refractivity contribution in [2.24, 2.45) is 4.99 Å². The van der Waals surface area contributed by atoms with Crippen LogP contribution in [-0.4, -0.2) is 78.6 Å². The van der Waals surface area contributed by atoms with Crippen LogP contribution in [-0.2, 0) is 17.7 Å². The van der Waals surface area contributed by atoms with Crippen LogP contribution in [0.1, 0.15) is 32.0 Å². The van der Waals surface area contributed by atoms with Gasteiger partial charge in [-0.15, -0.1) is 10.2 Å². The summed E-state index contributed by atoms with van der Waals surface area (Å²) >= 11 is 0. The first-order valence-corrected chi connectivity index (χ1v) is 9.32. The van der Waals surface area contributed by atoms with E-state index in [4.69, 9.17) is 4.74 Å². The maximum absolute atomic E-state index is 5.13. The van der Waals surface area contributed by atoms with Crippen molar-refractivity contribution >= 4 is 5.96 Å². The summed E-state index contributed by atoms with van der Waals surface area (Å²) in [6.07, 6.45) is 6.10. The lowest BCUT2D eigenvalue weighted by Gasteiger charge is -2.33. The molecular weight excluding hydrogens is 318 g/mol. The van der Waals surface area contributed by atoms with Gasteiger partial charge >= 0.3 is 0 Å². The summed E-state index contributed by atoms with van der Waals surface area (Å²) < 4.78 is 7.21. The smallest absolute Gasteiger partial charge is 0.191 e. The van der Waals surface area contributed by atoms with E-state index in [1.165, 1.54) is 0 Å². The van der Waals surface area contributed by atoms with E-state index in [-0.39, 0.29) is 0 Å². The highest BCUT2D eigenvalue weighted by Gasteiger charge is 2.19. The monoisotopic (exact) mass is 351 g/mol. The standard InChI is InChI=1S/C17H33N7O/c1-4-16-22-20-14-24(16)12-8-19-17(18-2)21-15-6-10-23(11-7-15)9-5-13-25-3/h14-15H,4-13H2,1-3H3,(H2,18,19,21). The fraction of sp³-hybridized carbons (Fsp3) is 0.824. The number of hydrogen-bond donors (Lipinski definition) is 2. The van der Waals surface area contributed by atoms with Gasteiger partial charge in [-0.05, 0) is 19.3 Å². The fourth-order valence-corrected chi connectivity index (χ4v) is 3.16. The number of nitrogens with zero attached hydrogens (tertiary/aromatic N) is 5. The first kappa shape index (κ1) is 19.7. The summed E-state index contributed by atoms with van der Waals surface area (Å²) in [5, 5.41) is 15.0. The molecule has 0 unspecified atom stereocenters. The Hall–Kier alpha value is -1.67. The molecule has 0 radical (unpaired) electrons. The van der Waals surface area contributed by atoms with Gasteiger partial charge in [0.1, 0.15) is 12.2 Å². The molecule has 0 amide bonds. The van der Waals surface area contributed by atoms with Crippen LogP contribution in [0.5, 0.6) is 0 Å². The molecule has 0 aromatic carbocycles. The van der Waals surface area contributed by atoms with Gasteiger partial charge in [0.25, 0.3) is 0 Å². The molecule has 0 aliphatic carbocycles. The van der Waals surface area contributed by atoms with Gasteiger partial charge in [-0.2, -0.15) is 0 Å². The van der Waals surface area contributed by atoms with E-state index in [9.17, 15) is 0 Å². The van der Waals surface area contributed by atoms with E-state index >= 15 is 0 Å². The minimum absolute atomic E-state index is 0.492. The third-order valence-electron chi connectivity index (χ3n) is 4.63. The second kappa shape index (κ2) is 11.0. The van der Waals surface area contributed by atoms with Crippen LogP contribution in [0.25, 0.3) is 0 Å². The van der Waals surface area contributed by atoms with E-state index < -0.39 is 0 Å². The molecule has 1 fully saturated rings. The Bertz CT molecular complexity index is 509. The van der Waals surface area contributed by atoms with Crippen LogP contribution in [0, 0.1) is 0 Å². The minimum atomic E-state index is 0.492. The Kier molecular flexibility index (Phi) is 8.68. The molecular formula is C17H33N7O. The van der Waals surface area contributed by atoms with Crippen LogP contribution in [0.3, 0.4) is 0 Å². The zero-order valence-electron chi connectivity index (χ0n) is 15.9. The van der Waals surface area contributed by atoms with Crippen molar-refractivity contribution in [2.45, 2.75) is 45.2 Å². The summed E-state index contributed by atoms with van der Waals surface area (Å²) in [7, 11) is 3.59. The van der Waals surface area contributed by atoms with Crippen molar-refractivity contribution in [2.75, 3.05) is 46.9 Å². The summed E-state index contributed by atoms with van der Waals surface area (Å²) in [5.74, 6) is 1.90. The third kappa shape index (κ3) is 6.62. The van der Waals surface area contributed by atoms with Crippen LogP contribution < -0.4 is 10.6 Å². The van der Waals surface area contributed by atoms with Gasteiger partial charge in [-0.25, -0.2) is 0 Å². The molecule has 8 heteroatoms. The maximum atomic E-state index is 5.13. The lowest BCUT2D eigenvalue weighted by molar-refractivity contribution is 0.155. The van der Waals surface area contributed by atoms with Gasteiger partial charge in [0.05, 0.1) is 0 Å². The molecule has 2 N–H and O–H groups in total. The van der Waals surface area contributed by atoms with Gasteiger partial charge in [-0.1, -0.05) is 6.92 Å². The Morgan fingerprint density at radius 1 is 1.36 bits per heavy atom. The lowest BCUT2D eigenvalue weighted by atomic mass is 10.1. The molecule has 0 saturated carbocycles. The molecule has 8 nitrogen and oxygen atoms in total. The Labute approximate surface area is 151 Å². The Morgan fingerprint density at radius 3 is 2.84 bits per heavy atom. The first-order chi connectivity index (χ1) is 12.3. The zero-order valence-corrected chi connectivity index (χ0v) is 15.9. The van der Waals surface area contributed by atoms with E-state index in [2.05, 4.69) is 42.2 Å². The summed E-state index contributed by atoms with van der Waals surface area (Å²) in [6.45, 7) is 8.00. The second-order valence-electron chi connectivity index (χ2n) is 6.40. The van der Waals surface area contributed by atoms with Crippen molar-refractivity contribution in [3.63, 3.8) is 0 Å². The fourth-order valence-electron chi connectivity index (χ4n) is 3.16. The largest absolute Gasteiger partial charge is 0.385 e. The van der Waals surface area contributed by atoms with Crippen LogP contribution in [0.15, 0.2) is 11.3 Å². The molecule has 1 aliphatic heterocycles. The number of piperidine rings is 1. The topological polar surface area (TPSA) is 79.6 Å². The summed E-state index contributed by atoms with van der Waals surface area (Å²) in [4.78, 5) is 6.87. The molecule has 142 valence electrons. The molecule has 0 atom stereocenters. The van der Waals surface area contributed by atoms with Crippen molar-refractivity contribution in [3.05, 3.63) is 12.2 Å². The first-order valence-electron chi connectivity index (χ1n) is 9.32. The van der Waals surface area contributed by atoms with Gasteiger partial charge < -0.3 is 24.8 Å². The SMILES string of the molecule is CCc1nncn1CCNC(=NC)NC1CCN(CCCOC)CC1. The van der Waals surface area contributed by atoms with Gasteiger partial charge in [0.15, 0.2) is 5.96 Å². The number of ether oxygens (including phenoxy) is 1. The molecule has 1 aliphatic rings. The second-order valence-corrected chi connectivity index (χ2v) is 6.40. The van der Waals surface area contributed by atoms with Crippen molar-refractivity contribution in [3.8, 4) is 0 Å². The molecule has 2 rings (SSSR count). The Morgan fingerprint density at radius 2 is 2.16 bits per heavy atom. The number of hydrogen-bond acceptors (Lipinski definition) is 5. The van der Waals surface area contributed by atoms with E-state index in [0.717, 1.165) is 76.8 Å². The molecule has 0 spiro atoms. The lowest BCUT2D eigenvalue weighted by Crippen LogP contribution is -2.49. The van der Waals surface area contributed by atoms with Gasteiger partial charge in [0, 0.05) is 66.0 Å². The number of likely N-dealkylation sites (tertiary alicyclic amines) is 1.